The quantitative estimate of drug-likeness (QED) is 0.358. The van der Waals surface area contributed by atoms with Gasteiger partial charge in [-0.3, -0.25) is 0 Å². The average molecular weight is 469 g/mol. The molecule has 1 heterocycles. The number of rotatable bonds is 8. The molecule has 1 aromatic carbocycles. The first-order valence-electron chi connectivity index (χ1n) is 11.4. The molecule has 2 aromatic rings. The second-order valence-electron chi connectivity index (χ2n) is 9.09. The number of benzene rings is 1. The molecule has 3 rings (SSSR count). The van der Waals surface area contributed by atoms with Crippen molar-refractivity contribution >= 4 is 28.5 Å². The van der Waals surface area contributed by atoms with Crippen LogP contribution in [0.1, 0.15) is 62.6 Å². The van der Waals surface area contributed by atoms with Crippen LogP contribution in [0, 0.1) is 22.7 Å². The molecule has 0 N–H and O–H groups in total. The number of ether oxygens (including phenoxy) is 3. The van der Waals surface area contributed by atoms with Crippen molar-refractivity contribution in [2.75, 3.05) is 19.8 Å². The summed E-state index contributed by atoms with van der Waals surface area (Å²) in [6, 6.07) is 7.81. The van der Waals surface area contributed by atoms with E-state index in [1.807, 2.05) is 19.1 Å². The number of nitrogens with zero attached hydrogens (tertiary/aromatic N) is 2. The monoisotopic (exact) mass is 468 g/mol. The third-order valence-corrected chi connectivity index (χ3v) is 6.99. The first kappa shape index (κ1) is 24.8. The third kappa shape index (κ3) is 6.14. The highest BCUT2D eigenvalue weighted by atomic mass is 32.1. The number of hydrogen-bond acceptors (Lipinski definition) is 7. The number of carbonyl (C=O) groups excluding carboxylic acids is 1. The molecule has 0 bridgehead atoms. The van der Waals surface area contributed by atoms with E-state index in [1.165, 1.54) is 10.4 Å². The summed E-state index contributed by atoms with van der Waals surface area (Å²) in [4.78, 5) is 17.6. The maximum Gasteiger partial charge on any atom is 0.344 e. The highest BCUT2D eigenvalue weighted by Gasteiger charge is 2.32. The zero-order chi connectivity index (χ0) is 24.0. The second kappa shape index (κ2) is 10.8. The molecule has 1 atom stereocenters. The standard InChI is InChI=1S/C26H32N2O4S/c1-6-30-22-12-17(8-11-21(22)32-16-24(29)31-7-2)15-28-25-20(14-27)19-10-9-18(26(3,4)5)13-23(19)33-25/h8,11-12,15,18H,6-7,9-10,13,16H2,1-5H3/t18-/m0/s1. The molecule has 1 aromatic heterocycles. The lowest BCUT2D eigenvalue weighted by molar-refractivity contribution is -0.145. The SMILES string of the molecule is CCOC(=O)COc1ccc(C=Nc2sc3c(c2C#N)CC[C@H](C(C)(C)C)C3)cc1OCC. The number of fused-ring (bicyclic) bond motifs is 1. The fourth-order valence-electron chi connectivity index (χ4n) is 3.98. The summed E-state index contributed by atoms with van der Waals surface area (Å²) in [7, 11) is 0. The molecule has 1 aliphatic carbocycles. The third-order valence-electron chi connectivity index (χ3n) is 5.83. The molecule has 176 valence electrons. The Morgan fingerprint density at radius 3 is 2.70 bits per heavy atom. The van der Waals surface area contributed by atoms with Crippen LogP contribution in [0.3, 0.4) is 0 Å². The predicted octanol–water partition coefficient (Wildman–Crippen LogP) is 5.86. The van der Waals surface area contributed by atoms with Crippen molar-refractivity contribution in [3.8, 4) is 17.6 Å². The van der Waals surface area contributed by atoms with Gasteiger partial charge in [0.25, 0.3) is 0 Å². The van der Waals surface area contributed by atoms with E-state index in [0.717, 1.165) is 29.8 Å². The molecule has 33 heavy (non-hydrogen) atoms. The molecule has 6 nitrogen and oxygen atoms in total. The topological polar surface area (TPSA) is 80.9 Å². The lowest BCUT2D eigenvalue weighted by Gasteiger charge is -2.33. The summed E-state index contributed by atoms with van der Waals surface area (Å²) >= 11 is 1.63. The lowest BCUT2D eigenvalue weighted by atomic mass is 9.72. The zero-order valence-corrected chi connectivity index (χ0v) is 20.9. The van der Waals surface area contributed by atoms with Crippen molar-refractivity contribution in [3.63, 3.8) is 0 Å². The van der Waals surface area contributed by atoms with Crippen LogP contribution in [0.15, 0.2) is 23.2 Å². The van der Waals surface area contributed by atoms with Crippen LogP contribution in [-0.2, 0) is 22.4 Å². The molecule has 0 spiro atoms. The van der Waals surface area contributed by atoms with Gasteiger partial charge < -0.3 is 14.2 Å². The number of hydrogen-bond donors (Lipinski definition) is 0. The van der Waals surface area contributed by atoms with Crippen LogP contribution >= 0.6 is 11.3 Å². The normalized spacial score (nSPS) is 15.7. The van der Waals surface area contributed by atoms with E-state index in [2.05, 4.69) is 31.8 Å². The highest BCUT2D eigenvalue weighted by Crippen LogP contribution is 2.45. The van der Waals surface area contributed by atoms with Gasteiger partial charge in [0, 0.05) is 11.1 Å². The number of carbonyl (C=O) groups is 1. The van der Waals surface area contributed by atoms with Gasteiger partial charge in [-0.15, -0.1) is 11.3 Å². The summed E-state index contributed by atoms with van der Waals surface area (Å²) in [5.74, 6) is 1.19. The maximum absolute atomic E-state index is 11.6. The average Bonchev–Trinajstić information content (AvgIpc) is 3.13. The Hall–Kier alpha value is -2.85. The van der Waals surface area contributed by atoms with Crippen LogP contribution in [0.2, 0.25) is 0 Å². The van der Waals surface area contributed by atoms with Crippen molar-refractivity contribution in [2.24, 2.45) is 16.3 Å². The van der Waals surface area contributed by atoms with E-state index in [4.69, 9.17) is 14.2 Å². The van der Waals surface area contributed by atoms with Crippen molar-refractivity contribution in [2.45, 2.75) is 53.9 Å². The number of nitriles is 1. The molecule has 0 saturated carbocycles. The second-order valence-corrected chi connectivity index (χ2v) is 10.2. The van der Waals surface area contributed by atoms with Gasteiger partial charge in [-0.1, -0.05) is 20.8 Å². The lowest BCUT2D eigenvalue weighted by Crippen LogP contribution is -2.26. The van der Waals surface area contributed by atoms with Crippen LogP contribution in [-0.4, -0.2) is 32.0 Å². The van der Waals surface area contributed by atoms with E-state index < -0.39 is 5.97 Å². The molecule has 7 heteroatoms. The fraction of sp³-hybridized carbons (Fsp3) is 0.500. The molecule has 0 saturated heterocycles. The Morgan fingerprint density at radius 1 is 1.24 bits per heavy atom. The summed E-state index contributed by atoms with van der Waals surface area (Å²) in [6.07, 6.45) is 4.80. The Bertz CT molecular complexity index is 1060. The Kier molecular flexibility index (Phi) is 8.15. The molecular weight excluding hydrogens is 436 g/mol. The molecule has 0 aliphatic heterocycles. The number of thiophene rings is 1. The Labute approximate surface area is 200 Å². The van der Waals surface area contributed by atoms with Gasteiger partial charge in [-0.05, 0) is 73.8 Å². The van der Waals surface area contributed by atoms with Crippen LogP contribution in [0.5, 0.6) is 11.5 Å². The van der Waals surface area contributed by atoms with Gasteiger partial charge >= 0.3 is 5.97 Å². The highest BCUT2D eigenvalue weighted by molar-refractivity contribution is 7.16. The molecular formula is C26H32N2O4S. The van der Waals surface area contributed by atoms with Gasteiger partial charge in [-0.2, -0.15) is 5.26 Å². The summed E-state index contributed by atoms with van der Waals surface area (Å²) in [6.45, 7) is 11.1. The summed E-state index contributed by atoms with van der Waals surface area (Å²) in [5.41, 5.74) is 2.96. The van der Waals surface area contributed by atoms with Crippen molar-refractivity contribution in [3.05, 3.63) is 39.8 Å². The summed E-state index contributed by atoms with van der Waals surface area (Å²) in [5, 5.41) is 10.5. The van der Waals surface area contributed by atoms with Gasteiger partial charge in [0.15, 0.2) is 18.1 Å². The van der Waals surface area contributed by atoms with E-state index >= 15 is 0 Å². The van der Waals surface area contributed by atoms with Crippen LogP contribution < -0.4 is 9.47 Å². The van der Waals surface area contributed by atoms with Crippen molar-refractivity contribution < 1.29 is 19.0 Å². The minimum absolute atomic E-state index is 0.177. The smallest absolute Gasteiger partial charge is 0.344 e. The van der Waals surface area contributed by atoms with E-state index in [0.29, 0.717) is 36.2 Å². The van der Waals surface area contributed by atoms with Crippen LogP contribution in [0.25, 0.3) is 0 Å². The molecule has 0 radical (unpaired) electrons. The Morgan fingerprint density at radius 2 is 2.03 bits per heavy atom. The van der Waals surface area contributed by atoms with E-state index in [9.17, 15) is 10.1 Å². The minimum atomic E-state index is -0.426. The number of aliphatic imine (C=N–C) groups is 1. The molecule has 0 fully saturated rings. The van der Waals surface area contributed by atoms with E-state index in [-0.39, 0.29) is 12.0 Å². The van der Waals surface area contributed by atoms with Crippen molar-refractivity contribution in [1.29, 1.82) is 5.26 Å². The largest absolute Gasteiger partial charge is 0.490 e. The van der Waals surface area contributed by atoms with Gasteiger partial charge in [-0.25, -0.2) is 9.79 Å². The van der Waals surface area contributed by atoms with Crippen LogP contribution in [0.4, 0.5) is 5.00 Å². The van der Waals surface area contributed by atoms with E-state index in [1.54, 1.807) is 30.5 Å². The molecule has 0 amide bonds. The van der Waals surface area contributed by atoms with Gasteiger partial charge in [0.2, 0.25) is 0 Å². The first-order chi connectivity index (χ1) is 15.8. The Balaban J connectivity index is 1.80. The van der Waals surface area contributed by atoms with Crippen molar-refractivity contribution in [1.82, 2.24) is 0 Å². The zero-order valence-electron chi connectivity index (χ0n) is 20.1. The maximum atomic E-state index is 11.6. The minimum Gasteiger partial charge on any atom is -0.490 e. The predicted molar refractivity (Wildman–Crippen MR) is 131 cm³/mol. The first-order valence-corrected chi connectivity index (χ1v) is 12.2. The molecule has 0 unspecified atom stereocenters. The van der Waals surface area contributed by atoms with Gasteiger partial charge in [0.1, 0.15) is 11.1 Å². The summed E-state index contributed by atoms with van der Waals surface area (Å²) < 4.78 is 16.2. The number of esters is 1. The van der Waals surface area contributed by atoms with Gasteiger partial charge in [0.05, 0.1) is 18.8 Å². The fourth-order valence-corrected chi connectivity index (χ4v) is 5.20. The molecule has 1 aliphatic rings.